The summed E-state index contributed by atoms with van der Waals surface area (Å²) in [5, 5.41) is 0. The molecule has 126 valence electrons. The zero-order valence-corrected chi connectivity index (χ0v) is 13.9. The molecule has 5 nitrogen and oxygen atoms in total. The van der Waals surface area contributed by atoms with Crippen LogP contribution in [0.25, 0.3) is 0 Å². The Balaban J connectivity index is 1.42. The Morgan fingerprint density at radius 1 is 1.17 bits per heavy atom. The molecule has 0 aromatic carbocycles. The SMILES string of the molecule is O=C(c1ccco1)N1CCC2(CCCN2Cc2cccnc2)CC1. The lowest BCUT2D eigenvalue weighted by atomic mass is 9.84. The van der Waals surface area contributed by atoms with Crippen LogP contribution in [0.1, 0.15) is 41.8 Å². The first-order valence-corrected chi connectivity index (χ1v) is 8.74. The van der Waals surface area contributed by atoms with Crippen LogP contribution in [0.3, 0.4) is 0 Å². The van der Waals surface area contributed by atoms with Gasteiger partial charge in [0.05, 0.1) is 6.26 Å². The third kappa shape index (κ3) is 2.84. The van der Waals surface area contributed by atoms with E-state index < -0.39 is 0 Å². The van der Waals surface area contributed by atoms with E-state index in [0.29, 0.717) is 5.76 Å². The minimum Gasteiger partial charge on any atom is -0.459 e. The molecule has 1 spiro atoms. The largest absolute Gasteiger partial charge is 0.459 e. The molecule has 0 atom stereocenters. The molecule has 0 bridgehead atoms. The lowest BCUT2D eigenvalue weighted by molar-refractivity contribution is 0.0364. The van der Waals surface area contributed by atoms with E-state index in [0.717, 1.165) is 39.0 Å². The monoisotopic (exact) mass is 325 g/mol. The number of aromatic nitrogens is 1. The summed E-state index contributed by atoms with van der Waals surface area (Å²) in [6.07, 6.45) is 9.90. The Labute approximate surface area is 142 Å². The Bertz CT molecular complexity index is 676. The van der Waals surface area contributed by atoms with Gasteiger partial charge in [-0.05, 0) is 56.0 Å². The Morgan fingerprint density at radius 3 is 2.75 bits per heavy atom. The number of carbonyl (C=O) groups is 1. The number of pyridine rings is 1. The van der Waals surface area contributed by atoms with E-state index >= 15 is 0 Å². The minimum atomic E-state index is 0.0201. The van der Waals surface area contributed by atoms with Crippen molar-refractivity contribution >= 4 is 5.91 Å². The van der Waals surface area contributed by atoms with Gasteiger partial charge in [0.15, 0.2) is 5.76 Å². The average Bonchev–Trinajstić information content (AvgIpc) is 3.28. The van der Waals surface area contributed by atoms with Crippen LogP contribution >= 0.6 is 0 Å². The van der Waals surface area contributed by atoms with E-state index in [1.54, 1.807) is 18.4 Å². The van der Waals surface area contributed by atoms with Gasteiger partial charge in [-0.15, -0.1) is 0 Å². The van der Waals surface area contributed by atoms with Crippen LogP contribution in [0.5, 0.6) is 0 Å². The van der Waals surface area contributed by atoms with Crippen LogP contribution < -0.4 is 0 Å². The quantitative estimate of drug-likeness (QED) is 0.870. The van der Waals surface area contributed by atoms with Gasteiger partial charge in [0.1, 0.15) is 0 Å². The van der Waals surface area contributed by atoms with Crippen molar-refractivity contribution in [2.45, 2.75) is 37.8 Å². The molecular formula is C19H23N3O2. The molecular weight excluding hydrogens is 302 g/mol. The number of carbonyl (C=O) groups excluding carboxylic acids is 1. The maximum atomic E-state index is 12.4. The van der Waals surface area contributed by atoms with Crippen LogP contribution in [0.15, 0.2) is 47.3 Å². The van der Waals surface area contributed by atoms with Crippen molar-refractivity contribution in [2.75, 3.05) is 19.6 Å². The van der Waals surface area contributed by atoms with E-state index in [1.807, 2.05) is 23.4 Å². The molecule has 0 aliphatic carbocycles. The molecule has 4 rings (SSSR count). The zero-order chi connectivity index (χ0) is 16.4. The van der Waals surface area contributed by atoms with Gasteiger partial charge in [-0.3, -0.25) is 14.7 Å². The smallest absolute Gasteiger partial charge is 0.289 e. The van der Waals surface area contributed by atoms with Crippen molar-refractivity contribution in [1.82, 2.24) is 14.8 Å². The Hall–Kier alpha value is -2.14. The molecule has 5 heteroatoms. The minimum absolute atomic E-state index is 0.0201. The van der Waals surface area contributed by atoms with Crippen LogP contribution in [0, 0.1) is 0 Å². The summed E-state index contributed by atoms with van der Waals surface area (Å²) < 4.78 is 5.26. The second kappa shape index (κ2) is 6.40. The van der Waals surface area contributed by atoms with Crippen molar-refractivity contribution in [2.24, 2.45) is 0 Å². The first-order valence-electron chi connectivity index (χ1n) is 8.74. The van der Waals surface area contributed by atoms with Crippen LogP contribution in [-0.2, 0) is 6.54 Å². The predicted octanol–water partition coefficient (Wildman–Crippen LogP) is 2.95. The zero-order valence-electron chi connectivity index (χ0n) is 13.9. The topological polar surface area (TPSA) is 49.6 Å². The molecule has 2 aliphatic heterocycles. The second-order valence-electron chi connectivity index (χ2n) is 6.88. The standard InChI is InChI=1S/C19H23N3O2/c23-18(17-5-2-13-24-17)21-11-7-19(8-12-21)6-3-10-22(19)15-16-4-1-9-20-14-16/h1-2,4-5,9,13-14H,3,6-8,10-12,15H2. The van der Waals surface area contributed by atoms with Gasteiger partial charge in [0, 0.05) is 37.6 Å². The summed E-state index contributed by atoms with van der Waals surface area (Å²) in [5.41, 5.74) is 1.52. The van der Waals surface area contributed by atoms with Gasteiger partial charge in [0.2, 0.25) is 0 Å². The molecule has 0 saturated carbocycles. The Morgan fingerprint density at radius 2 is 2.04 bits per heavy atom. The summed E-state index contributed by atoms with van der Waals surface area (Å²) in [5.74, 6) is 0.469. The van der Waals surface area contributed by atoms with E-state index in [4.69, 9.17) is 4.42 Å². The van der Waals surface area contributed by atoms with Crippen molar-refractivity contribution in [3.63, 3.8) is 0 Å². The lowest BCUT2D eigenvalue weighted by Crippen LogP contribution is -2.52. The van der Waals surface area contributed by atoms with Crippen molar-refractivity contribution in [1.29, 1.82) is 0 Å². The number of rotatable bonds is 3. The highest BCUT2D eigenvalue weighted by molar-refractivity contribution is 5.91. The summed E-state index contributed by atoms with van der Waals surface area (Å²) >= 11 is 0. The van der Waals surface area contributed by atoms with E-state index in [-0.39, 0.29) is 11.4 Å². The fraction of sp³-hybridized carbons (Fsp3) is 0.474. The summed E-state index contributed by atoms with van der Waals surface area (Å²) in [4.78, 5) is 21.2. The van der Waals surface area contributed by atoms with Gasteiger partial charge >= 0.3 is 0 Å². The molecule has 2 aliphatic rings. The number of furan rings is 1. The number of hydrogen-bond acceptors (Lipinski definition) is 4. The number of piperidine rings is 1. The summed E-state index contributed by atoms with van der Waals surface area (Å²) in [6.45, 7) is 3.72. The van der Waals surface area contributed by atoms with Gasteiger partial charge < -0.3 is 9.32 Å². The number of nitrogens with zero attached hydrogens (tertiary/aromatic N) is 3. The van der Waals surface area contributed by atoms with Gasteiger partial charge in [0.25, 0.3) is 5.91 Å². The maximum absolute atomic E-state index is 12.4. The molecule has 24 heavy (non-hydrogen) atoms. The first kappa shape index (κ1) is 15.4. The van der Waals surface area contributed by atoms with Crippen LogP contribution in [-0.4, -0.2) is 45.9 Å². The molecule has 4 heterocycles. The molecule has 2 fully saturated rings. The third-order valence-electron chi connectivity index (χ3n) is 5.55. The average molecular weight is 325 g/mol. The maximum Gasteiger partial charge on any atom is 0.289 e. The van der Waals surface area contributed by atoms with E-state index in [9.17, 15) is 4.79 Å². The van der Waals surface area contributed by atoms with Crippen molar-refractivity contribution in [3.05, 3.63) is 54.2 Å². The van der Waals surface area contributed by atoms with Crippen molar-refractivity contribution in [3.8, 4) is 0 Å². The molecule has 0 radical (unpaired) electrons. The highest BCUT2D eigenvalue weighted by Gasteiger charge is 2.43. The third-order valence-corrected chi connectivity index (χ3v) is 5.55. The highest BCUT2D eigenvalue weighted by atomic mass is 16.3. The molecule has 0 unspecified atom stereocenters. The summed E-state index contributed by atoms with van der Waals surface area (Å²) in [6, 6.07) is 7.67. The van der Waals surface area contributed by atoms with E-state index in [2.05, 4.69) is 16.0 Å². The highest BCUT2D eigenvalue weighted by Crippen LogP contribution is 2.39. The molecule has 2 aromatic rings. The lowest BCUT2D eigenvalue weighted by Gasteiger charge is -2.45. The number of likely N-dealkylation sites (tertiary alicyclic amines) is 2. The Kier molecular flexibility index (Phi) is 4.10. The van der Waals surface area contributed by atoms with E-state index in [1.165, 1.54) is 18.4 Å². The normalized spacial score (nSPS) is 20.6. The van der Waals surface area contributed by atoms with Crippen molar-refractivity contribution < 1.29 is 9.21 Å². The number of hydrogen-bond donors (Lipinski definition) is 0. The van der Waals surface area contributed by atoms with Gasteiger partial charge in [-0.2, -0.15) is 0 Å². The van der Waals surface area contributed by atoms with Gasteiger partial charge in [-0.1, -0.05) is 6.07 Å². The fourth-order valence-corrected chi connectivity index (χ4v) is 4.20. The first-order chi connectivity index (χ1) is 11.8. The van der Waals surface area contributed by atoms with Crippen LogP contribution in [0.2, 0.25) is 0 Å². The molecule has 2 saturated heterocycles. The van der Waals surface area contributed by atoms with Gasteiger partial charge in [-0.25, -0.2) is 0 Å². The molecule has 2 aromatic heterocycles. The predicted molar refractivity (Wildman–Crippen MR) is 90.5 cm³/mol. The fourth-order valence-electron chi connectivity index (χ4n) is 4.20. The summed E-state index contributed by atoms with van der Waals surface area (Å²) in [7, 11) is 0. The molecule has 0 N–H and O–H groups in total. The molecule has 1 amide bonds. The second-order valence-corrected chi connectivity index (χ2v) is 6.88. The number of amides is 1. The van der Waals surface area contributed by atoms with Crippen LogP contribution in [0.4, 0.5) is 0 Å².